The molecule has 3 nitrogen and oxygen atoms in total. The van der Waals surface area contributed by atoms with Crippen LogP contribution in [0.2, 0.25) is 0 Å². The van der Waals surface area contributed by atoms with Gasteiger partial charge in [-0.15, -0.1) is 0 Å². The first kappa shape index (κ1) is 15.3. The lowest BCUT2D eigenvalue weighted by Gasteiger charge is -2.11. The standard InChI is InChI=1S/C15H13F2NO2S/c16-15(17)21-13-9-5-4-8-12(13)18-14(19)10-20-11-6-2-1-3-7-11/h1-9,15H,10H2,(H,18,19). The Hall–Kier alpha value is -2.08. The molecular weight excluding hydrogens is 296 g/mol. The van der Waals surface area contributed by atoms with E-state index >= 15 is 0 Å². The van der Waals surface area contributed by atoms with Crippen LogP contribution in [0.4, 0.5) is 14.5 Å². The maximum absolute atomic E-state index is 12.4. The number of carbonyl (C=O) groups is 1. The van der Waals surface area contributed by atoms with Crippen LogP contribution >= 0.6 is 11.8 Å². The molecule has 6 heteroatoms. The predicted molar refractivity (Wildman–Crippen MR) is 78.9 cm³/mol. The van der Waals surface area contributed by atoms with Crippen LogP contribution in [0.15, 0.2) is 59.5 Å². The Morgan fingerprint density at radius 3 is 2.48 bits per heavy atom. The van der Waals surface area contributed by atoms with Gasteiger partial charge in [-0.25, -0.2) is 0 Å². The van der Waals surface area contributed by atoms with Crippen molar-refractivity contribution in [3.63, 3.8) is 0 Å². The van der Waals surface area contributed by atoms with Crippen LogP contribution in [0.3, 0.4) is 0 Å². The fourth-order valence-electron chi connectivity index (χ4n) is 1.62. The van der Waals surface area contributed by atoms with Gasteiger partial charge in [0.25, 0.3) is 11.7 Å². The molecule has 0 bridgehead atoms. The first-order valence-electron chi connectivity index (χ1n) is 6.16. The Morgan fingerprint density at radius 2 is 1.76 bits per heavy atom. The van der Waals surface area contributed by atoms with Crippen LogP contribution < -0.4 is 10.1 Å². The molecule has 2 rings (SSSR count). The largest absolute Gasteiger partial charge is 0.484 e. The van der Waals surface area contributed by atoms with Gasteiger partial charge in [0, 0.05) is 4.90 Å². The van der Waals surface area contributed by atoms with E-state index in [1.165, 1.54) is 6.07 Å². The second kappa shape index (κ2) is 7.64. The lowest BCUT2D eigenvalue weighted by Crippen LogP contribution is -2.20. The van der Waals surface area contributed by atoms with E-state index < -0.39 is 11.7 Å². The average molecular weight is 309 g/mol. The second-order valence-electron chi connectivity index (χ2n) is 4.02. The van der Waals surface area contributed by atoms with Gasteiger partial charge in [0.05, 0.1) is 5.69 Å². The van der Waals surface area contributed by atoms with E-state index in [-0.39, 0.29) is 6.61 Å². The van der Waals surface area contributed by atoms with Crippen LogP contribution in [0, 0.1) is 0 Å². The molecule has 21 heavy (non-hydrogen) atoms. The van der Waals surface area contributed by atoms with Crippen LogP contribution in [-0.2, 0) is 4.79 Å². The molecule has 0 unspecified atom stereocenters. The number of nitrogens with one attached hydrogen (secondary N) is 1. The van der Waals surface area contributed by atoms with Gasteiger partial charge < -0.3 is 10.1 Å². The van der Waals surface area contributed by atoms with E-state index in [9.17, 15) is 13.6 Å². The number of ether oxygens (including phenoxy) is 1. The lowest BCUT2D eigenvalue weighted by molar-refractivity contribution is -0.118. The number of carbonyl (C=O) groups excluding carboxylic acids is 1. The SMILES string of the molecule is O=C(COc1ccccc1)Nc1ccccc1SC(F)F. The van der Waals surface area contributed by atoms with Crippen LogP contribution in [0.5, 0.6) is 5.75 Å². The van der Waals surface area contributed by atoms with Crippen molar-refractivity contribution in [2.24, 2.45) is 0 Å². The third-order valence-corrected chi connectivity index (χ3v) is 3.28. The number of thioether (sulfide) groups is 1. The molecule has 2 aromatic rings. The van der Waals surface area contributed by atoms with Gasteiger partial charge in [0.2, 0.25) is 0 Å². The number of para-hydroxylation sites is 2. The molecule has 2 aromatic carbocycles. The Balaban J connectivity index is 1.93. The third kappa shape index (κ3) is 5.07. The minimum Gasteiger partial charge on any atom is -0.484 e. The molecule has 0 radical (unpaired) electrons. The van der Waals surface area contributed by atoms with Gasteiger partial charge in [0.15, 0.2) is 6.61 Å². The molecule has 0 saturated carbocycles. The summed E-state index contributed by atoms with van der Waals surface area (Å²) < 4.78 is 30.2. The first-order valence-corrected chi connectivity index (χ1v) is 7.04. The summed E-state index contributed by atoms with van der Waals surface area (Å²) in [6.45, 7) is -0.183. The minimum atomic E-state index is -2.54. The monoisotopic (exact) mass is 309 g/mol. The van der Waals surface area contributed by atoms with Crippen molar-refractivity contribution >= 4 is 23.4 Å². The van der Waals surface area contributed by atoms with Gasteiger partial charge in [-0.2, -0.15) is 8.78 Å². The van der Waals surface area contributed by atoms with E-state index in [1.54, 1.807) is 42.5 Å². The zero-order chi connectivity index (χ0) is 15.1. The summed E-state index contributed by atoms with van der Waals surface area (Å²) in [6, 6.07) is 15.3. The zero-order valence-electron chi connectivity index (χ0n) is 11.0. The molecule has 0 aromatic heterocycles. The molecule has 0 fully saturated rings. The van der Waals surface area contributed by atoms with Crippen LogP contribution in [0.25, 0.3) is 0 Å². The first-order chi connectivity index (χ1) is 10.1. The molecule has 110 valence electrons. The minimum absolute atomic E-state index is 0.183. The van der Waals surface area contributed by atoms with E-state index in [2.05, 4.69) is 5.32 Å². The summed E-state index contributed by atoms with van der Waals surface area (Å²) >= 11 is 0.393. The van der Waals surface area contributed by atoms with Crippen molar-refractivity contribution in [2.75, 3.05) is 11.9 Å². The summed E-state index contributed by atoms with van der Waals surface area (Å²) in [5.41, 5.74) is 0.351. The van der Waals surface area contributed by atoms with Gasteiger partial charge in [-0.1, -0.05) is 42.1 Å². The van der Waals surface area contributed by atoms with Gasteiger partial charge in [0.1, 0.15) is 5.75 Å². The normalized spacial score (nSPS) is 10.4. The highest BCUT2D eigenvalue weighted by Gasteiger charge is 2.11. The molecular formula is C15H13F2NO2S. The Morgan fingerprint density at radius 1 is 1.10 bits per heavy atom. The topological polar surface area (TPSA) is 38.3 Å². The fourth-order valence-corrected chi connectivity index (χ4v) is 2.22. The van der Waals surface area contributed by atoms with Crippen molar-refractivity contribution in [3.8, 4) is 5.75 Å². The molecule has 0 aliphatic rings. The Kier molecular flexibility index (Phi) is 5.57. The molecule has 1 N–H and O–H groups in total. The molecule has 0 atom stereocenters. The summed E-state index contributed by atoms with van der Waals surface area (Å²) in [5, 5.41) is 2.57. The smallest absolute Gasteiger partial charge is 0.288 e. The van der Waals surface area contributed by atoms with E-state index in [1.807, 2.05) is 6.07 Å². The lowest BCUT2D eigenvalue weighted by atomic mass is 10.3. The number of amides is 1. The van der Waals surface area contributed by atoms with E-state index in [0.29, 0.717) is 28.1 Å². The number of alkyl halides is 2. The maximum atomic E-state index is 12.4. The number of halogens is 2. The van der Waals surface area contributed by atoms with E-state index in [4.69, 9.17) is 4.74 Å². The number of hydrogen-bond acceptors (Lipinski definition) is 3. The molecule has 0 saturated heterocycles. The van der Waals surface area contributed by atoms with Crippen molar-refractivity contribution < 1.29 is 18.3 Å². The average Bonchev–Trinajstić information content (AvgIpc) is 2.48. The van der Waals surface area contributed by atoms with Gasteiger partial charge >= 0.3 is 0 Å². The van der Waals surface area contributed by atoms with Crippen molar-refractivity contribution in [1.82, 2.24) is 0 Å². The summed E-state index contributed by atoms with van der Waals surface area (Å²) in [5.74, 6) is -2.37. The van der Waals surface area contributed by atoms with Gasteiger partial charge in [-0.3, -0.25) is 4.79 Å². The highest BCUT2D eigenvalue weighted by molar-refractivity contribution is 7.99. The molecule has 0 aliphatic carbocycles. The van der Waals surface area contributed by atoms with Crippen LogP contribution in [0.1, 0.15) is 0 Å². The number of rotatable bonds is 6. The number of anilines is 1. The van der Waals surface area contributed by atoms with Crippen molar-refractivity contribution in [3.05, 3.63) is 54.6 Å². The Bertz CT molecular complexity index is 593. The van der Waals surface area contributed by atoms with Crippen molar-refractivity contribution in [1.29, 1.82) is 0 Å². The molecule has 0 heterocycles. The molecule has 0 aliphatic heterocycles. The molecule has 1 amide bonds. The molecule has 0 spiro atoms. The third-order valence-electron chi connectivity index (χ3n) is 2.49. The number of hydrogen-bond donors (Lipinski definition) is 1. The summed E-state index contributed by atoms with van der Waals surface area (Å²) in [7, 11) is 0. The maximum Gasteiger partial charge on any atom is 0.288 e. The second-order valence-corrected chi connectivity index (χ2v) is 5.06. The van der Waals surface area contributed by atoms with Gasteiger partial charge in [-0.05, 0) is 24.3 Å². The van der Waals surface area contributed by atoms with E-state index in [0.717, 1.165) is 0 Å². The fraction of sp³-hybridized carbons (Fsp3) is 0.133. The highest BCUT2D eigenvalue weighted by atomic mass is 32.2. The quantitative estimate of drug-likeness (QED) is 0.819. The zero-order valence-corrected chi connectivity index (χ0v) is 11.8. The predicted octanol–water partition coefficient (Wildman–Crippen LogP) is 4.02. The summed E-state index contributed by atoms with van der Waals surface area (Å²) in [6.07, 6.45) is 0. The highest BCUT2D eigenvalue weighted by Crippen LogP contribution is 2.31. The number of benzene rings is 2. The van der Waals surface area contributed by atoms with Crippen LogP contribution in [-0.4, -0.2) is 18.3 Å². The van der Waals surface area contributed by atoms with Crippen molar-refractivity contribution in [2.45, 2.75) is 10.7 Å². The summed E-state index contributed by atoms with van der Waals surface area (Å²) in [4.78, 5) is 12.1. The Labute approximate surface area is 125 Å².